The second kappa shape index (κ2) is 4.88. The van der Waals surface area contributed by atoms with Crippen molar-refractivity contribution in [2.75, 3.05) is 0 Å². The van der Waals surface area contributed by atoms with Crippen LogP contribution in [0.3, 0.4) is 0 Å². The molecular weight excluding hydrogens is 246 g/mol. The van der Waals surface area contributed by atoms with Crippen molar-refractivity contribution in [1.82, 2.24) is 4.98 Å². The molecule has 0 radical (unpaired) electrons. The van der Waals surface area contributed by atoms with Crippen molar-refractivity contribution in [3.63, 3.8) is 0 Å². The number of halogens is 4. The average molecular weight is 251 g/mol. The van der Waals surface area contributed by atoms with Gasteiger partial charge in [-0.1, -0.05) is 11.8 Å². The van der Waals surface area contributed by atoms with Crippen molar-refractivity contribution in [3.8, 4) is 11.8 Å². The molecule has 1 aromatic carbocycles. The molecule has 0 N–H and O–H groups in total. The van der Waals surface area contributed by atoms with Crippen LogP contribution in [-0.4, -0.2) is 4.98 Å². The van der Waals surface area contributed by atoms with Crippen molar-refractivity contribution in [2.45, 2.75) is 0 Å². The number of benzene rings is 1. The van der Waals surface area contributed by atoms with Gasteiger partial charge in [-0.15, -0.1) is 0 Å². The van der Waals surface area contributed by atoms with E-state index in [0.717, 1.165) is 0 Å². The molecule has 0 aliphatic carbocycles. The van der Waals surface area contributed by atoms with E-state index in [2.05, 4.69) is 16.8 Å². The van der Waals surface area contributed by atoms with Gasteiger partial charge in [0.15, 0.2) is 23.3 Å². The van der Waals surface area contributed by atoms with E-state index >= 15 is 0 Å². The van der Waals surface area contributed by atoms with Gasteiger partial charge in [0.05, 0.1) is 5.56 Å². The van der Waals surface area contributed by atoms with Gasteiger partial charge in [0.1, 0.15) is 0 Å². The summed E-state index contributed by atoms with van der Waals surface area (Å²) >= 11 is 0. The number of rotatable bonds is 0. The summed E-state index contributed by atoms with van der Waals surface area (Å²) in [5.74, 6) is -2.01. The van der Waals surface area contributed by atoms with Gasteiger partial charge in [-0.25, -0.2) is 17.6 Å². The molecule has 1 heterocycles. The molecule has 0 saturated heterocycles. The monoisotopic (exact) mass is 251 g/mol. The largest absolute Gasteiger partial charge is 0.263 e. The Morgan fingerprint density at radius 3 is 2.39 bits per heavy atom. The van der Waals surface area contributed by atoms with Crippen LogP contribution in [0.5, 0.6) is 0 Å². The lowest BCUT2D eigenvalue weighted by atomic mass is 10.1. The molecule has 0 amide bonds. The molecule has 5 heteroatoms. The van der Waals surface area contributed by atoms with Gasteiger partial charge < -0.3 is 0 Å². The van der Waals surface area contributed by atoms with Crippen molar-refractivity contribution in [3.05, 3.63) is 65.0 Å². The zero-order valence-corrected chi connectivity index (χ0v) is 8.85. The molecule has 0 fully saturated rings. The Hall–Kier alpha value is -2.35. The van der Waals surface area contributed by atoms with Crippen LogP contribution >= 0.6 is 0 Å². The maximum absolute atomic E-state index is 13.2. The predicted molar refractivity (Wildman–Crippen MR) is 56.5 cm³/mol. The maximum Gasteiger partial charge on any atom is 0.198 e. The fourth-order valence-corrected chi connectivity index (χ4v) is 1.24. The maximum atomic E-state index is 13.2. The van der Waals surface area contributed by atoms with E-state index in [9.17, 15) is 17.6 Å². The topological polar surface area (TPSA) is 12.9 Å². The molecule has 2 aromatic rings. The zero-order valence-electron chi connectivity index (χ0n) is 8.85. The first kappa shape index (κ1) is 12.1. The molecule has 1 aromatic heterocycles. The fourth-order valence-electron chi connectivity index (χ4n) is 1.24. The lowest BCUT2D eigenvalue weighted by molar-refractivity contribution is 0.408. The third-order valence-corrected chi connectivity index (χ3v) is 2.11. The van der Waals surface area contributed by atoms with Gasteiger partial charge in [-0.3, -0.25) is 4.98 Å². The highest BCUT2D eigenvalue weighted by Gasteiger charge is 2.17. The molecular formula is C13H5F4N. The van der Waals surface area contributed by atoms with E-state index in [1.165, 1.54) is 12.4 Å². The van der Waals surface area contributed by atoms with Gasteiger partial charge in [0.2, 0.25) is 0 Å². The zero-order chi connectivity index (χ0) is 13.1. The van der Waals surface area contributed by atoms with Crippen LogP contribution in [0.25, 0.3) is 0 Å². The van der Waals surface area contributed by atoms with E-state index < -0.39 is 28.8 Å². The molecule has 0 saturated carbocycles. The molecule has 0 spiro atoms. The van der Waals surface area contributed by atoms with Crippen molar-refractivity contribution < 1.29 is 17.6 Å². The highest BCUT2D eigenvalue weighted by atomic mass is 19.2. The number of pyridine rings is 1. The lowest BCUT2D eigenvalue weighted by Gasteiger charge is -1.99. The van der Waals surface area contributed by atoms with Crippen molar-refractivity contribution in [1.29, 1.82) is 0 Å². The first-order chi connectivity index (χ1) is 8.59. The lowest BCUT2D eigenvalue weighted by Crippen LogP contribution is -1.98. The van der Waals surface area contributed by atoms with Crippen LogP contribution in [0.1, 0.15) is 11.1 Å². The van der Waals surface area contributed by atoms with Crippen molar-refractivity contribution >= 4 is 0 Å². The van der Waals surface area contributed by atoms with Crippen LogP contribution in [0.2, 0.25) is 0 Å². The predicted octanol–water partition coefficient (Wildman–Crippen LogP) is 3.04. The molecule has 0 aliphatic rings. The Labute approximate surface area is 100 Å². The Morgan fingerprint density at radius 2 is 1.72 bits per heavy atom. The van der Waals surface area contributed by atoms with E-state index in [1.54, 1.807) is 12.1 Å². The highest BCUT2D eigenvalue weighted by Crippen LogP contribution is 2.17. The standard InChI is InChI=1S/C13H5F4N/c14-10-6-9(11(15)13(17)12(10)16)4-3-8-2-1-5-18-7-8/h1-2,5-7H. The van der Waals surface area contributed by atoms with E-state index in [1.807, 2.05) is 0 Å². The summed E-state index contributed by atoms with van der Waals surface area (Å²) in [6.45, 7) is 0. The molecule has 2 rings (SSSR count). The Balaban J connectivity index is 2.46. The molecule has 18 heavy (non-hydrogen) atoms. The second-order valence-electron chi connectivity index (χ2n) is 3.34. The summed E-state index contributed by atoms with van der Waals surface area (Å²) in [4.78, 5) is 3.76. The van der Waals surface area contributed by atoms with Crippen LogP contribution < -0.4 is 0 Å². The molecule has 0 unspecified atom stereocenters. The Kier molecular flexibility index (Phi) is 3.28. The second-order valence-corrected chi connectivity index (χ2v) is 3.34. The van der Waals surface area contributed by atoms with E-state index in [-0.39, 0.29) is 0 Å². The number of hydrogen-bond acceptors (Lipinski definition) is 1. The summed E-state index contributed by atoms with van der Waals surface area (Å²) in [5, 5.41) is 0. The third kappa shape index (κ3) is 2.33. The van der Waals surface area contributed by atoms with Crippen LogP contribution in [0, 0.1) is 35.1 Å². The van der Waals surface area contributed by atoms with Gasteiger partial charge in [-0.2, -0.15) is 0 Å². The molecule has 90 valence electrons. The van der Waals surface area contributed by atoms with Crippen LogP contribution in [0.15, 0.2) is 30.6 Å². The van der Waals surface area contributed by atoms with Gasteiger partial charge in [0.25, 0.3) is 0 Å². The summed E-state index contributed by atoms with van der Waals surface area (Å²) in [5.41, 5.74) is -0.0997. The minimum absolute atomic E-state index is 0.446. The average Bonchev–Trinajstić information content (AvgIpc) is 2.40. The summed E-state index contributed by atoms with van der Waals surface area (Å²) < 4.78 is 51.7. The summed E-state index contributed by atoms with van der Waals surface area (Å²) in [6.07, 6.45) is 2.92. The Bertz CT molecular complexity index is 642. The van der Waals surface area contributed by atoms with Gasteiger partial charge in [-0.05, 0) is 18.2 Å². The van der Waals surface area contributed by atoms with Crippen LogP contribution in [0.4, 0.5) is 17.6 Å². The first-order valence-electron chi connectivity index (χ1n) is 4.84. The molecule has 0 aliphatic heterocycles. The fraction of sp³-hybridized carbons (Fsp3) is 0. The molecule has 0 bridgehead atoms. The summed E-state index contributed by atoms with van der Waals surface area (Å²) in [7, 11) is 0. The van der Waals surface area contributed by atoms with Gasteiger partial charge in [0, 0.05) is 18.0 Å². The highest BCUT2D eigenvalue weighted by molar-refractivity contribution is 5.43. The van der Waals surface area contributed by atoms with Gasteiger partial charge >= 0.3 is 0 Å². The quantitative estimate of drug-likeness (QED) is 0.303. The third-order valence-electron chi connectivity index (χ3n) is 2.11. The summed E-state index contributed by atoms with van der Waals surface area (Å²) in [6, 6.07) is 3.71. The van der Waals surface area contributed by atoms with Crippen molar-refractivity contribution in [2.24, 2.45) is 0 Å². The van der Waals surface area contributed by atoms with E-state index in [4.69, 9.17) is 0 Å². The molecule has 0 atom stereocenters. The Morgan fingerprint density at radius 1 is 0.944 bits per heavy atom. The smallest absolute Gasteiger partial charge is 0.198 e. The number of hydrogen-bond donors (Lipinski definition) is 0. The minimum atomic E-state index is -1.87. The minimum Gasteiger partial charge on any atom is -0.263 e. The van der Waals surface area contributed by atoms with Crippen LogP contribution in [-0.2, 0) is 0 Å². The number of aromatic nitrogens is 1. The van der Waals surface area contributed by atoms with E-state index in [0.29, 0.717) is 11.6 Å². The molecule has 1 nitrogen and oxygen atoms in total. The SMILES string of the molecule is Fc1cc(C#Cc2cccnc2)c(F)c(F)c1F. The first-order valence-corrected chi connectivity index (χ1v) is 4.84. The normalized spacial score (nSPS) is 9.78. The number of nitrogens with zero attached hydrogens (tertiary/aromatic N) is 1.